The number of likely N-dealkylation sites (N-methyl/N-ethyl adjacent to an activating group) is 1. The minimum Gasteiger partial charge on any atom is -0.335 e. The molecule has 0 spiro atoms. The smallest absolute Gasteiger partial charge is 0.0731 e. The first-order chi connectivity index (χ1) is 10.8. The second-order valence-electron chi connectivity index (χ2n) is 6.23. The summed E-state index contributed by atoms with van der Waals surface area (Å²) in [6.07, 6.45) is 3.00. The molecule has 0 aliphatic carbocycles. The third kappa shape index (κ3) is 2.04. The van der Waals surface area contributed by atoms with E-state index in [9.17, 15) is 0 Å². The normalized spacial score (nSPS) is 16.6. The van der Waals surface area contributed by atoms with Gasteiger partial charge in [0.1, 0.15) is 0 Å². The van der Waals surface area contributed by atoms with Crippen LogP contribution in [0.2, 0.25) is 0 Å². The summed E-state index contributed by atoms with van der Waals surface area (Å²) >= 11 is 0. The lowest BCUT2D eigenvalue weighted by Crippen LogP contribution is -2.28. The van der Waals surface area contributed by atoms with Crippen molar-refractivity contribution in [2.75, 3.05) is 13.6 Å². The first-order valence-corrected chi connectivity index (χ1v) is 7.96. The van der Waals surface area contributed by atoms with Crippen LogP contribution in [0.4, 0.5) is 0 Å². The van der Waals surface area contributed by atoms with E-state index in [0.29, 0.717) is 0 Å². The molecule has 1 aliphatic rings. The number of hydrogen-bond donors (Lipinski definition) is 0. The van der Waals surface area contributed by atoms with Gasteiger partial charge in [0, 0.05) is 42.3 Å². The van der Waals surface area contributed by atoms with Crippen molar-refractivity contribution < 1.29 is 0 Å². The third-order valence-electron chi connectivity index (χ3n) is 4.79. The van der Waals surface area contributed by atoms with Crippen LogP contribution in [0, 0.1) is 0 Å². The molecule has 0 fully saturated rings. The van der Waals surface area contributed by atoms with Crippen molar-refractivity contribution in [1.82, 2.24) is 14.5 Å². The standard InChI is InChI=1S/C19H21N3/c1-14(17-8-5-6-11-20-17)22-18-9-4-3-7-15(18)16-13-21(2)12-10-19(16)22/h3-9,11,14H,10,12-13H2,1-2H3. The van der Waals surface area contributed by atoms with E-state index in [1.54, 1.807) is 0 Å². The van der Waals surface area contributed by atoms with Gasteiger partial charge < -0.3 is 9.47 Å². The Hall–Kier alpha value is -2.13. The number of hydrogen-bond acceptors (Lipinski definition) is 2. The fourth-order valence-electron chi connectivity index (χ4n) is 3.68. The van der Waals surface area contributed by atoms with Crippen LogP contribution >= 0.6 is 0 Å². The molecule has 0 amide bonds. The van der Waals surface area contributed by atoms with Gasteiger partial charge in [-0.2, -0.15) is 0 Å². The zero-order valence-electron chi connectivity index (χ0n) is 13.2. The van der Waals surface area contributed by atoms with Crippen molar-refractivity contribution in [2.45, 2.75) is 25.9 Å². The summed E-state index contributed by atoms with van der Waals surface area (Å²) < 4.78 is 2.50. The van der Waals surface area contributed by atoms with Crippen molar-refractivity contribution in [3.8, 4) is 0 Å². The Kier molecular flexibility index (Phi) is 3.23. The zero-order valence-corrected chi connectivity index (χ0v) is 13.2. The molecule has 0 bridgehead atoms. The molecule has 3 heteroatoms. The number of aromatic nitrogens is 2. The maximum atomic E-state index is 4.57. The quantitative estimate of drug-likeness (QED) is 0.719. The van der Waals surface area contributed by atoms with Gasteiger partial charge in [-0.05, 0) is 37.7 Å². The van der Waals surface area contributed by atoms with E-state index in [-0.39, 0.29) is 6.04 Å². The maximum Gasteiger partial charge on any atom is 0.0731 e. The first kappa shape index (κ1) is 13.5. The highest BCUT2D eigenvalue weighted by molar-refractivity contribution is 5.86. The number of benzene rings is 1. The Labute approximate surface area is 131 Å². The van der Waals surface area contributed by atoms with E-state index in [1.807, 2.05) is 12.3 Å². The Morgan fingerprint density at radius 2 is 1.91 bits per heavy atom. The molecule has 0 saturated heterocycles. The van der Waals surface area contributed by atoms with Crippen LogP contribution < -0.4 is 0 Å². The SMILES string of the molecule is CC(c1ccccn1)n1c2c(c3ccccc31)CN(C)CC2. The summed E-state index contributed by atoms with van der Waals surface area (Å²) in [7, 11) is 2.21. The lowest BCUT2D eigenvalue weighted by Gasteiger charge is -2.26. The van der Waals surface area contributed by atoms with Crippen molar-refractivity contribution in [3.05, 3.63) is 65.6 Å². The monoisotopic (exact) mass is 291 g/mol. The van der Waals surface area contributed by atoms with Gasteiger partial charge in [-0.3, -0.25) is 4.98 Å². The minimum absolute atomic E-state index is 0.262. The molecular formula is C19H21N3. The lowest BCUT2D eigenvalue weighted by molar-refractivity contribution is 0.308. The maximum absolute atomic E-state index is 4.57. The topological polar surface area (TPSA) is 21.1 Å². The van der Waals surface area contributed by atoms with Crippen molar-refractivity contribution >= 4 is 10.9 Å². The van der Waals surface area contributed by atoms with Crippen LogP contribution in [-0.2, 0) is 13.0 Å². The molecule has 22 heavy (non-hydrogen) atoms. The molecule has 0 saturated carbocycles. The summed E-state index contributed by atoms with van der Waals surface area (Å²) in [4.78, 5) is 6.98. The number of nitrogens with zero attached hydrogens (tertiary/aromatic N) is 3. The Balaban J connectivity index is 1.94. The average Bonchev–Trinajstić information content (AvgIpc) is 2.89. The largest absolute Gasteiger partial charge is 0.335 e. The van der Waals surface area contributed by atoms with Crippen molar-refractivity contribution in [1.29, 1.82) is 0 Å². The van der Waals surface area contributed by atoms with Crippen molar-refractivity contribution in [3.63, 3.8) is 0 Å². The zero-order chi connectivity index (χ0) is 15.1. The summed E-state index contributed by atoms with van der Waals surface area (Å²) in [6.45, 7) is 4.42. The predicted molar refractivity (Wildman–Crippen MR) is 90.0 cm³/mol. The van der Waals surface area contributed by atoms with E-state index in [2.05, 4.69) is 64.8 Å². The highest BCUT2D eigenvalue weighted by Gasteiger charge is 2.25. The van der Waals surface area contributed by atoms with E-state index < -0.39 is 0 Å². The highest BCUT2D eigenvalue weighted by atomic mass is 15.1. The molecule has 1 aromatic carbocycles. The predicted octanol–water partition coefficient (Wildman–Crippen LogP) is 3.63. The number of rotatable bonds is 2. The van der Waals surface area contributed by atoms with Gasteiger partial charge in [-0.15, -0.1) is 0 Å². The number of para-hydroxylation sites is 1. The van der Waals surface area contributed by atoms with Crippen LogP contribution in [0.3, 0.4) is 0 Å². The molecule has 1 atom stereocenters. The molecule has 2 aromatic heterocycles. The number of pyridine rings is 1. The molecule has 4 rings (SSSR count). The van der Waals surface area contributed by atoms with Gasteiger partial charge in [-0.25, -0.2) is 0 Å². The van der Waals surface area contributed by atoms with Gasteiger partial charge in [0.05, 0.1) is 11.7 Å². The summed E-state index contributed by atoms with van der Waals surface area (Å²) in [5.74, 6) is 0. The molecule has 3 nitrogen and oxygen atoms in total. The fraction of sp³-hybridized carbons (Fsp3) is 0.316. The van der Waals surface area contributed by atoms with Crippen molar-refractivity contribution in [2.24, 2.45) is 0 Å². The molecule has 112 valence electrons. The highest BCUT2D eigenvalue weighted by Crippen LogP contribution is 2.34. The molecule has 1 aliphatic heterocycles. The summed E-state index contributed by atoms with van der Waals surface area (Å²) in [5, 5.41) is 1.40. The second-order valence-corrected chi connectivity index (χ2v) is 6.23. The Morgan fingerprint density at radius 3 is 2.73 bits per heavy atom. The lowest BCUT2D eigenvalue weighted by atomic mass is 10.0. The fourth-order valence-corrected chi connectivity index (χ4v) is 3.68. The van der Waals surface area contributed by atoms with Gasteiger partial charge >= 0.3 is 0 Å². The third-order valence-corrected chi connectivity index (χ3v) is 4.79. The van der Waals surface area contributed by atoms with Crippen LogP contribution in [0.15, 0.2) is 48.7 Å². The van der Waals surface area contributed by atoms with E-state index in [1.165, 1.54) is 22.2 Å². The van der Waals surface area contributed by atoms with E-state index in [0.717, 1.165) is 25.2 Å². The van der Waals surface area contributed by atoms with Crippen LogP contribution in [0.5, 0.6) is 0 Å². The van der Waals surface area contributed by atoms with Crippen LogP contribution in [-0.4, -0.2) is 28.0 Å². The van der Waals surface area contributed by atoms with Crippen LogP contribution in [0.25, 0.3) is 10.9 Å². The minimum atomic E-state index is 0.262. The molecule has 0 radical (unpaired) electrons. The van der Waals surface area contributed by atoms with E-state index >= 15 is 0 Å². The molecule has 1 unspecified atom stereocenters. The summed E-state index contributed by atoms with van der Waals surface area (Å²) in [5.41, 5.74) is 5.44. The van der Waals surface area contributed by atoms with E-state index in [4.69, 9.17) is 0 Å². The van der Waals surface area contributed by atoms with Gasteiger partial charge in [0.25, 0.3) is 0 Å². The molecular weight excluding hydrogens is 270 g/mol. The first-order valence-electron chi connectivity index (χ1n) is 7.96. The number of fused-ring (bicyclic) bond motifs is 3. The van der Waals surface area contributed by atoms with Gasteiger partial charge in [0.2, 0.25) is 0 Å². The molecule has 3 aromatic rings. The van der Waals surface area contributed by atoms with Gasteiger partial charge in [-0.1, -0.05) is 24.3 Å². The molecule has 0 N–H and O–H groups in total. The second kappa shape index (κ2) is 5.25. The molecule has 3 heterocycles. The Bertz CT molecular complexity index is 804. The van der Waals surface area contributed by atoms with Gasteiger partial charge in [0.15, 0.2) is 0 Å². The van der Waals surface area contributed by atoms with Crippen LogP contribution in [0.1, 0.15) is 29.9 Å². The Morgan fingerprint density at radius 1 is 1.09 bits per heavy atom. The average molecular weight is 291 g/mol. The summed E-state index contributed by atoms with van der Waals surface area (Å²) in [6, 6.07) is 15.2.